The van der Waals surface area contributed by atoms with Crippen molar-refractivity contribution in [2.75, 3.05) is 18.4 Å². The molecule has 4 nitrogen and oxygen atoms in total. The van der Waals surface area contributed by atoms with Crippen LogP contribution in [0, 0.1) is 0 Å². The predicted octanol–water partition coefficient (Wildman–Crippen LogP) is 8.35. The van der Waals surface area contributed by atoms with Crippen LogP contribution in [-0.4, -0.2) is 24.1 Å². The molecule has 0 aromatic heterocycles. The van der Waals surface area contributed by atoms with Gasteiger partial charge in [0.25, 0.3) is 0 Å². The molecule has 190 valence electrons. The fraction of sp³-hybridized carbons (Fsp3) is 0.759. The third-order valence-corrected chi connectivity index (χ3v) is 6.38. The molecule has 3 N–H and O–H groups in total. The van der Waals surface area contributed by atoms with Gasteiger partial charge in [0.2, 0.25) is 5.91 Å². The minimum Gasteiger partial charge on any atom is -0.508 e. The summed E-state index contributed by atoms with van der Waals surface area (Å²) in [4.78, 5) is 11.9. The molecule has 0 aliphatic heterocycles. The van der Waals surface area contributed by atoms with Gasteiger partial charge in [-0.15, -0.1) is 0 Å². The van der Waals surface area contributed by atoms with Crippen LogP contribution < -0.4 is 10.6 Å². The molecule has 0 aliphatic rings. The Morgan fingerprint density at radius 1 is 0.636 bits per heavy atom. The van der Waals surface area contributed by atoms with Gasteiger partial charge in [-0.1, -0.05) is 96.8 Å². The zero-order chi connectivity index (χ0) is 23.8. The Labute approximate surface area is 204 Å². The Bertz CT molecular complexity index is 559. The van der Waals surface area contributed by atoms with Crippen LogP contribution in [0.15, 0.2) is 24.3 Å². The molecule has 1 aromatic rings. The van der Waals surface area contributed by atoms with Crippen LogP contribution in [0.5, 0.6) is 5.75 Å². The fourth-order valence-electron chi connectivity index (χ4n) is 4.21. The summed E-state index contributed by atoms with van der Waals surface area (Å²) < 4.78 is 0. The Kier molecular flexibility index (Phi) is 19.6. The first-order chi connectivity index (χ1) is 16.2. The van der Waals surface area contributed by atoms with Crippen LogP contribution in [0.1, 0.15) is 129 Å². The summed E-state index contributed by atoms with van der Waals surface area (Å²) in [7, 11) is 0. The quantitative estimate of drug-likeness (QED) is 0.114. The normalized spacial score (nSPS) is 10.9. The van der Waals surface area contributed by atoms with E-state index in [1.165, 1.54) is 89.9 Å². The SMILES string of the molecule is CCCCCCCCCCCCCCCCCC(=O)NCCCCCNc1ccc(O)cc1. The summed E-state index contributed by atoms with van der Waals surface area (Å²) in [6.45, 7) is 3.98. The molecule has 0 spiro atoms. The van der Waals surface area contributed by atoms with E-state index in [9.17, 15) is 9.90 Å². The predicted molar refractivity (Wildman–Crippen MR) is 143 cm³/mol. The monoisotopic (exact) mass is 460 g/mol. The minimum absolute atomic E-state index is 0.215. The Morgan fingerprint density at radius 2 is 1.09 bits per heavy atom. The molecule has 33 heavy (non-hydrogen) atoms. The molecule has 1 rings (SSSR count). The number of carbonyl (C=O) groups is 1. The summed E-state index contributed by atoms with van der Waals surface area (Å²) in [5.41, 5.74) is 1.03. The molecular formula is C29H52N2O2. The van der Waals surface area contributed by atoms with Crippen molar-refractivity contribution in [2.45, 2.75) is 129 Å². The summed E-state index contributed by atoms with van der Waals surface area (Å²) >= 11 is 0. The second-order valence-electron chi connectivity index (χ2n) is 9.58. The second-order valence-corrected chi connectivity index (χ2v) is 9.58. The molecular weight excluding hydrogens is 408 g/mol. The molecule has 0 aliphatic carbocycles. The van der Waals surface area contributed by atoms with Gasteiger partial charge >= 0.3 is 0 Å². The molecule has 0 heterocycles. The van der Waals surface area contributed by atoms with Crippen molar-refractivity contribution in [1.29, 1.82) is 0 Å². The van der Waals surface area contributed by atoms with Crippen molar-refractivity contribution in [2.24, 2.45) is 0 Å². The number of rotatable bonds is 23. The van der Waals surface area contributed by atoms with Crippen LogP contribution >= 0.6 is 0 Å². The molecule has 0 unspecified atom stereocenters. The van der Waals surface area contributed by atoms with Gasteiger partial charge in [-0.3, -0.25) is 4.79 Å². The number of amides is 1. The van der Waals surface area contributed by atoms with Gasteiger partial charge in [0, 0.05) is 25.2 Å². The van der Waals surface area contributed by atoms with E-state index in [0.29, 0.717) is 12.2 Å². The lowest BCUT2D eigenvalue weighted by Gasteiger charge is -2.07. The van der Waals surface area contributed by atoms with E-state index in [-0.39, 0.29) is 5.91 Å². The first-order valence-electron chi connectivity index (χ1n) is 14.0. The molecule has 0 saturated heterocycles. The molecule has 1 aromatic carbocycles. The van der Waals surface area contributed by atoms with Crippen molar-refractivity contribution in [3.05, 3.63) is 24.3 Å². The van der Waals surface area contributed by atoms with Gasteiger partial charge in [0.1, 0.15) is 5.75 Å². The van der Waals surface area contributed by atoms with Crippen molar-refractivity contribution < 1.29 is 9.90 Å². The number of nitrogens with one attached hydrogen (secondary N) is 2. The summed E-state index contributed by atoms with van der Waals surface area (Å²) in [5.74, 6) is 0.507. The van der Waals surface area contributed by atoms with Crippen LogP contribution in [0.3, 0.4) is 0 Å². The van der Waals surface area contributed by atoms with E-state index in [0.717, 1.165) is 44.5 Å². The summed E-state index contributed by atoms with van der Waals surface area (Å²) in [6, 6.07) is 7.15. The van der Waals surface area contributed by atoms with Gasteiger partial charge in [-0.2, -0.15) is 0 Å². The third kappa shape index (κ3) is 19.5. The van der Waals surface area contributed by atoms with Crippen molar-refractivity contribution in [3.8, 4) is 5.75 Å². The number of anilines is 1. The van der Waals surface area contributed by atoms with E-state index < -0.39 is 0 Å². The highest BCUT2D eigenvalue weighted by molar-refractivity contribution is 5.75. The lowest BCUT2D eigenvalue weighted by atomic mass is 10.0. The van der Waals surface area contributed by atoms with Crippen molar-refractivity contribution in [1.82, 2.24) is 5.32 Å². The van der Waals surface area contributed by atoms with Gasteiger partial charge in [0.15, 0.2) is 0 Å². The zero-order valence-electron chi connectivity index (χ0n) is 21.5. The highest BCUT2D eigenvalue weighted by atomic mass is 16.3. The number of hydrogen-bond acceptors (Lipinski definition) is 3. The van der Waals surface area contributed by atoms with Crippen molar-refractivity contribution >= 4 is 11.6 Å². The Morgan fingerprint density at radius 3 is 1.64 bits per heavy atom. The first kappa shape index (κ1) is 29.3. The molecule has 0 atom stereocenters. The average Bonchev–Trinajstić information content (AvgIpc) is 2.82. The highest BCUT2D eigenvalue weighted by Gasteiger charge is 2.01. The van der Waals surface area contributed by atoms with Gasteiger partial charge in [-0.25, -0.2) is 0 Å². The molecule has 1 amide bonds. The third-order valence-electron chi connectivity index (χ3n) is 6.38. The fourth-order valence-corrected chi connectivity index (χ4v) is 4.21. The van der Waals surface area contributed by atoms with E-state index in [1.54, 1.807) is 12.1 Å². The van der Waals surface area contributed by atoms with E-state index in [1.807, 2.05) is 12.1 Å². The molecule has 0 saturated carbocycles. The van der Waals surface area contributed by atoms with E-state index in [4.69, 9.17) is 0 Å². The van der Waals surface area contributed by atoms with Gasteiger partial charge in [-0.05, 0) is 49.9 Å². The van der Waals surface area contributed by atoms with E-state index >= 15 is 0 Å². The van der Waals surface area contributed by atoms with Crippen LogP contribution in [0.4, 0.5) is 5.69 Å². The van der Waals surface area contributed by atoms with Crippen LogP contribution in [-0.2, 0) is 4.79 Å². The Balaban J connectivity index is 1.75. The lowest BCUT2D eigenvalue weighted by molar-refractivity contribution is -0.121. The molecule has 0 bridgehead atoms. The topological polar surface area (TPSA) is 61.4 Å². The number of aromatic hydroxyl groups is 1. The number of phenols is 1. The number of benzene rings is 1. The number of hydrogen-bond donors (Lipinski definition) is 3. The lowest BCUT2D eigenvalue weighted by Crippen LogP contribution is -2.24. The number of phenolic OH excluding ortho intramolecular Hbond substituents is 1. The number of unbranched alkanes of at least 4 members (excludes halogenated alkanes) is 16. The molecule has 4 heteroatoms. The largest absolute Gasteiger partial charge is 0.508 e. The first-order valence-corrected chi connectivity index (χ1v) is 14.0. The Hall–Kier alpha value is -1.71. The van der Waals surface area contributed by atoms with Gasteiger partial charge < -0.3 is 15.7 Å². The average molecular weight is 461 g/mol. The van der Waals surface area contributed by atoms with E-state index in [2.05, 4.69) is 17.6 Å². The van der Waals surface area contributed by atoms with Gasteiger partial charge in [0.05, 0.1) is 0 Å². The standard InChI is InChI=1S/C29H52N2O2/c1-2-3-4-5-6-7-8-9-10-11-12-13-14-15-17-20-29(33)31-26-19-16-18-25-30-27-21-23-28(32)24-22-27/h21-24,30,32H,2-20,25-26H2,1H3,(H,31,33). The minimum atomic E-state index is 0.215. The summed E-state index contributed by atoms with van der Waals surface area (Å²) in [5, 5.41) is 15.7. The highest BCUT2D eigenvalue weighted by Crippen LogP contribution is 2.15. The molecule has 0 fully saturated rings. The smallest absolute Gasteiger partial charge is 0.219 e. The van der Waals surface area contributed by atoms with Crippen molar-refractivity contribution in [3.63, 3.8) is 0 Å². The molecule has 0 radical (unpaired) electrons. The maximum atomic E-state index is 11.9. The van der Waals surface area contributed by atoms with Crippen LogP contribution in [0.25, 0.3) is 0 Å². The number of carbonyl (C=O) groups excluding carboxylic acids is 1. The maximum Gasteiger partial charge on any atom is 0.219 e. The summed E-state index contributed by atoms with van der Waals surface area (Å²) in [6.07, 6.45) is 24.2. The second kappa shape index (κ2) is 22.1. The van der Waals surface area contributed by atoms with Crippen LogP contribution in [0.2, 0.25) is 0 Å². The zero-order valence-corrected chi connectivity index (χ0v) is 21.5. The maximum absolute atomic E-state index is 11.9.